The molecule has 0 heterocycles. The number of hydrogen-bond donors (Lipinski definition) is 0. The van der Waals surface area contributed by atoms with Crippen molar-refractivity contribution in [3.63, 3.8) is 0 Å². The van der Waals surface area contributed by atoms with Crippen molar-refractivity contribution < 1.29 is 0 Å². The molecule has 0 fully saturated rings. The zero-order chi connectivity index (χ0) is 16.6. The molecule has 126 valence electrons. The summed E-state index contributed by atoms with van der Waals surface area (Å²) in [5.41, 5.74) is 3.73. The zero-order valence-corrected chi connectivity index (χ0v) is 16.0. The molecule has 0 radical (unpaired) electrons. The fraction of sp³-hybridized carbons (Fsp3) is 0.429. The maximum atomic E-state index is 4.02. The highest BCUT2D eigenvalue weighted by Crippen LogP contribution is 2.14. The summed E-state index contributed by atoms with van der Waals surface area (Å²) in [6.07, 6.45) is 4.11. The van der Waals surface area contributed by atoms with Crippen molar-refractivity contribution >= 4 is 18.0 Å². The van der Waals surface area contributed by atoms with Crippen LogP contribution < -0.4 is 0 Å². The van der Waals surface area contributed by atoms with Crippen molar-refractivity contribution in [2.75, 3.05) is 13.1 Å². The molecule has 0 saturated heterocycles. The molecule has 0 aliphatic rings. The molecule has 23 heavy (non-hydrogen) atoms. The van der Waals surface area contributed by atoms with Crippen molar-refractivity contribution in [3.05, 3.63) is 54.1 Å². The summed E-state index contributed by atoms with van der Waals surface area (Å²) in [6, 6.07) is 8.63. The van der Waals surface area contributed by atoms with Crippen LogP contribution in [0.15, 0.2) is 43.0 Å². The van der Waals surface area contributed by atoms with E-state index in [4.69, 9.17) is 0 Å². The Morgan fingerprint density at radius 3 is 2.57 bits per heavy atom. The summed E-state index contributed by atoms with van der Waals surface area (Å²) in [7, 11) is 0. The van der Waals surface area contributed by atoms with Crippen LogP contribution in [0.3, 0.4) is 0 Å². The molecule has 0 unspecified atom stereocenters. The number of hydrogen-bond acceptors (Lipinski definition) is 1. The van der Waals surface area contributed by atoms with Crippen LogP contribution in [0.2, 0.25) is 0 Å². The van der Waals surface area contributed by atoms with Crippen LogP contribution in [0.25, 0.3) is 5.57 Å². The maximum absolute atomic E-state index is 4.02. The summed E-state index contributed by atoms with van der Waals surface area (Å²) >= 11 is 0. The first-order chi connectivity index (χ1) is 10.3. The molecule has 0 amide bonds. The summed E-state index contributed by atoms with van der Waals surface area (Å²) in [6.45, 7) is 17.5. The topological polar surface area (TPSA) is 3.24 Å². The van der Waals surface area contributed by atoms with Gasteiger partial charge in [-0.3, -0.25) is 4.90 Å². The van der Waals surface area contributed by atoms with E-state index in [-0.39, 0.29) is 17.8 Å². The number of allylic oxidation sites excluding steroid dienone is 2. The highest BCUT2D eigenvalue weighted by molar-refractivity contribution is 5.85. The fourth-order valence-electron chi connectivity index (χ4n) is 2.02. The van der Waals surface area contributed by atoms with Crippen LogP contribution in [0.5, 0.6) is 0 Å². The molecule has 0 saturated carbocycles. The van der Waals surface area contributed by atoms with Gasteiger partial charge in [-0.1, -0.05) is 61.3 Å². The van der Waals surface area contributed by atoms with E-state index in [1.807, 2.05) is 13.0 Å². The first-order valence-corrected chi connectivity index (χ1v) is 7.96. The van der Waals surface area contributed by atoms with Gasteiger partial charge in [0.1, 0.15) is 0 Å². The van der Waals surface area contributed by atoms with Crippen LogP contribution in [-0.2, 0) is 6.54 Å². The highest BCUT2D eigenvalue weighted by atomic mass is 35.5. The maximum Gasteiger partial charge on any atom is 0.0237 e. The molecule has 0 atom stereocenters. The second kappa shape index (κ2) is 10.3. The van der Waals surface area contributed by atoms with Gasteiger partial charge in [-0.25, -0.2) is 0 Å². The van der Waals surface area contributed by atoms with Crippen LogP contribution in [0.1, 0.15) is 45.7 Å². The Bertz CT molecular complexity index is 582. The molecule has 0 spiro atoms. The predicted molar refractivity (Wildman–Crippen MR) is 106 cm³/mol. The van der Waals surface area contributed by atoms with Crippen LogP contribution in [-0.4, -0.2) is 18.0 Å². The third-order valence-corrected chi connectivity index (χ3v) is 3.29. The van der Waals surface area contributed by atoms with E-state index < -0.39 is 0 Å². The van der Waals surface area contributed by atoms with Gasteiger partial charge in [0.25, 0.3) is 0 Å². The van der Waals surface area contributed by atoms with Gasteiger partial charge in [0, 0.05) is 18.5 Å². The summed E-state index contributed by atoms with van der Waals surface area (Å²) in [4.78, 5) is 2.40. The minimum atomic E-state index is 0. The Kier molecular flexibility index (Phi) is 9.65. The monoisotopic (exact) mass is 331 g/mol. The number of benzene rings is 1. The van der Waals surface area contributed by atoms with Crippen LogP contribution >= 0.6 is 12.4 Å². The average molecular weight is 332 g/mol. The lowest BCUT2D eigenvalue weighted by molar-refractivity contribution is 0.311. The van der Waals surface area contributed by atoms with Gasteiger partial charge in [-0.05, 0) is 51.4 Å². The van der Waals surface area contributed by atoms with Crippen molar-refractivity contribution in [2.24, 2.45) is 5.41 Å². The van der Waals surface area contributed by atoms with Gasteiger partial charge in [-0.15, -0.1) is 12.4 Å². The quantitative estimate of drug-likeness (QED) is 0.616. The molecular weight excluding hydrogens is 302 g/mol. The first-order valence-electron chi connectivity index (χ1n) is 7.96. The fourth-order valence-corrected chi connectivity index (χ4v) is 2.02. The van der Waals surface area contributed by atoms with Gasteiger partial charge in [0.15, 0.2) is 0 Å². The zero-order valence-electron chi connectivity index (χ0n) is 15.1. The minimum Gasteiger partial charge on any atom is -0.296 e. The Morgan fingerprint density at radius 1 is 1.30 bits per heavy atom. The summed E-state index contributed by atoms with van der Waals surface area (Å²) in [5.74, 6) is 6.34. The highest BCUT2D eigenvalue weighted by Gasteiger charge is 2.04. The molecule has 2 heteroatoms. The molecule has 1 rings (SSSR count). The standard InChI is InChI=1S/C21H29N.ClH/c1-7-22(15-10-8-9-14-21(4,5)6)17-19-12-11-13-20(16-19)18(2)3;/h8,10-13,16H,2,7,15,17H2,1,3-6H3;1H/b10-8+;. The van der Waals surface area contributed by atoms with Crippen molar-refractivity contribution in [2.45, 2.75) is 41.2 Å². The van der Waals surface area contributed by atoms with E-state index in [0.717, 1.165) is 25.2 Å². The summed E-state index contributed by atoms with van der Waals surface area (Å²) < 4.78 is 0. The van der Waals surface area contributed by atoms with Gasteiger partial charge in [0.2, 0.25) is 0 Å². The number of nitrogens with zero attached hydrogens (tertiary/aromatic N) is 1. The summed E-state index contributed by atoms with van der Waals surface area (Å²) in [5, 5.41) is 0. The second-order valence-electron chi connectivity index (χ2n) is 6.73. The molecule has 0 bridgehead atoms. The third-order valence-electron chi connectivity index (χ3n) is 3.29. The van der Waals surface area contributed by atoms with E-state index in [1.54, 1.807) is 0 Å². The molecule has 0 aliphatic heterocycles. The number of likely N-dealkylation sites (N-methyl/N-ethyl adjacent to an activating group) is 1. The SMILES string of the molecule is C=C(C)c1cccc(CN(CC)C/C=C/C#CC(C)(C)C)c1.Cl. The molecule has 0 N–H and O–H groups in total. The van der Waals surface area contributed by atoms with Crippen molar-refractivity contribution in [1.29, 1.82) is 0 Å². The number of rotatable bonds is 6. The molecule has 1 nitrogen and oxygen atoms in total. The van der Waals surface area contributed by atoms with E-state index in [2.05, 4.69) is 81.4 Å². The molecule has 0 aliphatic carbocycles. The van der Waals surface area contributed by atoms with E-state index in [9.17, 15) is 0 Å². The van der Waals surface area contributed by atoms with Crippen molar-refractivity contribution in [3.8, 4) is 11.8 Å². The first kappa shape index (κ1) is 21.5. The predicted octanol–water partition coefficient (Wildman–Crippen LogP) is 5.57. The molecular formula is C21H30ClN. The Balaban J connectivity index is 0.00000484. The molecule has 1 aromatic rings. The largest absolute Gasteiger partial charge is 0.296 e. The lowest BCUT2D eigenvalue weighted by atomic mass is 9.98. The number of halogens is 1. The Labute approximate surface area is 148 Å². The van der Waals surface area contributed by atoms with Crippen LogP contribution in [0.4, 0.5) is 0 Å². The van der Waals surface area contributed by atoms with Crippen LogP contribution in [0, 0.1) is 17.3 Å². The van der Waals surface area contributed by atoms with Gasteiger partial charge < -0.3 is 0 Å². The molecule has 0 aromatic heterocycles. The lowest BCUT2D eigenvalue weighted by Gasteiger charge is -2.18. The average Bonchev–Trinajstić information content (AvgIpc) is 2.44. The second-order valence-corrected chi connectivity index (χ2v) is 6.73. The van der Waals surface area contributed by atoms with E-state index >= 15 is 0 Å². The smallest absolute Gasteiger partial charge is 0.0237 e. The van der Waals surface area contributed by atoms with Gasteiger partial charge in [0.05, 0.1) is 0 Å². The van der Waals surface area contributed by atoms with Crippen molar-refractivity contribution in [1.82, 2.24) is 4.90 Å². The minimum absolute atomic E-state index is 0. The molecule has 1 aromatic carbocycles. The van der Waals surface area contributed by atoms with Gasteiger partial charge >= 0.3 is 0 Å². The lowest BCUT2D eigenvalue weighted by Crippen LogP contribution is -2.22. The van der Waals surface area contributed by atoms with E-state index in [1.165, 1.54) is 11.1 Å². The van der Waals surface area contributed by atoms with Gasteiger partial charge in [-0.2, -0.15) is 0 Å². The van der Waals surface area contributed by atoms with E-state index in [0.29, 0.717) is 0 Å². The Morgan fingerprint density at radius 2 is 2.00 bits per heavy atom. The Hall–Kier alpha value is -1.49. The normalized spacial score (nSPS) is 11.0. The third kappa shape index (κ3) is 9.29.